The van der Waals surface area contributed by atoms with Crippen molar-refractivity contribution in [3.05, 3.63) is 59.6 Å². The molecule has 4 aromatic rings. The molecule has 0 aliphatic carbocycles. The summed E-state index contributed by atoms with van der Waals surface area (Å²) in [5.41, 5.74) is 4.69. The summed E-state index contributed by atoms with van der Waals surface area (Å²) >= 11 is 1.53. The van der Waals surface area contributed by atoms with Gasteiger partial charge in [-0.3, -0.25) is 0 Å². The largest absolute Gasteiger partial charge is 0.378 e. The van der Waals surface area contributed by atoms with Crippen LogP contribution in [-0.2, 0) is 20.2 Å². The zero-order valence-corrected chi connectivity index (χ0v) is 22.1. The lowest BCUT2D eigenvalue weighted by Gasteiger charge is -2.28. The fourth-order valence-corrected chi connectivity index (χ4v) is 6.39. The van der Waals surface area contributed by atoms with Gasteiger partial charge in [0.05, 0.1) is 34.5 Å². The van der Waals surface area contributed by atoms with E-state index in [1.165, 1.54) is 11.3 Å². The molecule has 0 atom stereocenters. The van der Waals surface area contributed by atoms with E-state index < -0.39 is 15.4 Å². The first kappa shape index (κ1) is 24.6. The molecule has 188 valence electrons. The monoisotopic (exact) mass is 523 g/mol. The van der Waals surface area contributed by atoms with Crippen molar-refractivity contribution in [1.29, 1.82) is 0 Å². The van der Waals surface area contributed by atoms with Crippen LogP contribution in [0, 0.1) is 0 Å². The Balaban J connectivity index is 1.51. The van der Waals surface area contributed by atoms with E-state index in [1.807, 2.05) is 44.4 Å². The van der Waals surface area contributed by atoms with Gasteiger partial charge in [-0.05, 0) is 46.9 Å². The number of anilines is 3. The summed E-state index contributed by atoms with van der Waals surface area (Å²) in [5, 5.41) is 10.9. The second kappa shape index (κ2) is 9.44. The van der Waals surface area contributed by atoms with Gasteiger partial charge >= 0.3 is 0 Å². The summed E-state index contributed by atoms with van der Waals surface area (Å²) in [6.07, 6.45) is 1.79. The number of primary sulfonamides is 1. The van der Waals surface area contributed by atoms with Crippen LogP contribution in [0.4, 0.5) is 17.3 Å². The first-order valence-corrected chi connectivity index (χ1v) is 14.1. The van der Waals surface area contributed by atoms with E-state index in [2.05, 4.69) is 27.3 Å². The zero-order valence-electron chi connectivity index (χ0n) is 20.5. The molecule has 1 aliphatic rings. The molecule has 0 bridgehead atoms. The molecule has 0 unspecified atom stereocenters. The summed E-state index contributed by atoms with van der Waals surface area (Å²) in [6.45, 7) is 9.21. The quantitative estimate of drug-likeness (QED) is 0.383. The summed E-state index contributed by atoms with van der Waals surface area (Å²) in [7, 11) is -3.90. The van der Waals surface area contributed by atoms with Crippen LogP contribution in [0.1, 0.15) is 26.3 Å². The van der Waals surface area contributed by atoms with Gasteiger partial charge in [0.15, 0.2) is 0 Å². The fourth-order valence-electron chi connectivity index (χ4n) is 4.55. The minimum Gasteiger partial charge on any atom is -0.378 e. The SMILES string of the molecule is CC(C)(C)c1c(-c2csc3cnc(Nc4ccc(N5CCOCC5)cc4)nc23)cccc1S(N)(=O)=O. The van der Waals surface area contributed by atoms with Crippen LogP contribution in [0.5, 0.6) is 0 Å². The Bertz CT molecular complexity index is 1500. The fraction of sp³-hybridized carbons (Fsp3) is 0.308. The summed E-state index contributed by atoms with van der Waals surface area (Å²) in [4.78, 5) is 11.7. The highest BCUT2D eigenvalue weighted by Gasteiger charge is 2.28. The lowest BCUT2D eigenvalue weighted by molar-refractivity contribution is 0.122. The molecule has 5 rings (SSSR count). The molecule has 0 radical (unpaired) electrons. The molecule has 1 fully saturated rings. The van der Waals surface area contributed by atoms with E-state index in [-0.39, 0.29) is 4.90 Å². The van der Waals surface area contributed by atoms with Crippen molar-refractivity contribution in [2.45, 2.75) is 31.1 Å². The van der Waals surface area contributed by atoms with E-state index in [4.69, 9.17) is 14.9 Å². The molecule has 2 aromatic heterocycles. The number of aromatic nitrogens is 2. The number of hydrogen-bond acceptors (Lipinski definition) is 8. The van der Waals surface area contributed by atoms with Crippen LogP contribution in [0.25, 0.3) is 21.3 Å². The van der Waals surface area contributed by atoms with E-state index in [0.29, 0.717) is 11.5 Å². The lowest BCUT2D eigenvalue weighted by Crippen LogP contribution is -2.36. The van der Waals surface area contributed by atoms with Gasteiger partial charge in [-0.25, -0.2) is 23.5 Å². The first-order valence-electron chi connectivity index (χ1n) is 11.7. The normalized spacial score (nSPS) is 14.8. The van der Waals surface area contributed by atoms with Crippen LogP contribution in [0.3, 0.4) is 0 Å². The molecule has 36 heavy (non-hydrogen) atoms. The minimum atomic E-state index is -3.90. The van der Waals surface area contributed by atoms with Crippen LogP contribution in [-0.4, -0.2) is 44.7 Å². The molecule has 8 nitrogen and oxygen atoms in total. The molecule has 0 saturated carbocycles. The number of sulfonamides is 1. The van der Waals surface area contributed by atoms with Crippen LogP contribution in [0.2, 0.25) is 0 Å². The highest BCUT2D eigenvalue weighted by Crippen LogP contribution is 2.41. The number of fused-ring (bicyclic) bond motifs is 1. The molecule has 2 aromatic carbocycles. The minimum absolute atomic E-state index is 0.139. The topological polar surface area (TPSA) is 110 Å². The van der Waals surface area contributed by atoms with E-state index >= 15 is 0 Å². The van der Waals surface area contributed by atoms with Crippen molar-refractivity contribution in [2.24, 2.45) is 5.14 Å². The third kappa shape index (κ3) is 4.94. The number of nitrogens with two attached hydrogens (primary N) is 1. The second-order valence-corrected chi connectivity index (χ2v) is 12.2. The average Bonchev–Trinajstić information content (AvgIpc) is 3.27. The Morgan fingerprint density at radius 3 is 2.44 bits per heavy atom. The Kier molecular flexibility index (Phi) is 6.46. The molecule has 0 amide bonds. The number of nitrogens with zero attached hydrogens (tertiary/aromatic N) is 3. The highest BCUT2D eigenvalue weighted by atomic mass is 32.2. The molecule has 3 N–H and O–H groups in total. The van der Waals surface area contributed by atoms with Crippen molar-refractivity contribution >= 4 is 48.9 Å². The van der Waals surface area contributed by atoms with Crippen molar-refractivity contribution in [3.8, 4) is 11.1 Å². The molecule has 1 aliphatic heterocycles. The van der Waals surface area contributed by atoms with Crippen molar-refractivity contribution < 1.29 is 13.2 Å². The summed E-state index contributed by atoms with van der Waals surface area (Å²) in [6, 6.07) is 13.4. The first-order chi connectivity index (χ1) is 17.1. The smallest absolute Gasteiger partial charge is 0.238 e. The van der Waals surface area contributed by atoms with Gasteiger partial charge in [0.2, 0.25) is 16.0 Å². The highest BCUT2D eigenvalue weighted by molar-refractivity contribution is 7.89. The Labute approximate surface area is 215 Å². The number of thiophene rings is 1. The number of nitrogens with one attached hydrogen (secondary N) is 1. The van der Waals surface area contributed by atoms with Gasteiger partial charge in [0.25, 0.3) is 0 Å². The van der Waals surface area contributed by atoms with E-state index in [1.54, 1.807) is 18.3 Å². The number of benzene rings is 2. The van der Waals surface area contributed by atoms with Crippen LogP contribution >= 0.6 is 11.3 Å². The van der Waals surface area contributed by atoms with Gasteiger partial charge in [0.1, 0.15) is 0 Å². The van der Waals surface area contributed by atoms with E-state index in [0.717, 1.165) is 59.0 Å². The summed E-state index contributed by atoms with van der Waals surface area (Å²) < 4.78 is 31.2. The second-order valence-electron chi connectivity index (χ2n) is 9.80. The maximum atomic E-state index is 12.4. The van der Waals surface area contributed by atoms with Gasteiger partial charge < -0.3 is 15.0 Å². The molecule has 0 spiro atoms. The Hall–Kier alpha value is -3.05. The molecule has 10 heteroatoms. The Morgan fingerprint density at radius 2 is 1.78 bits per heavy atom. The number of ether oxygens (including phenoxy) is 1. The maximum absolute atomic E-state index is 12.4. The Morgan fingerprint density at radius 1 is 1.06 bits per heavy atom. The van der Waals surface area contributed by atoms with Crippen molar-refractivity contribution in [1.82, 2.24) is 9.97 Å². The maximum Gasteiger partial charge on any atom is 0.238 e. The van der Waals surface area contributed by atoms with Gasteiger partial charge in [-0.15, -0.1) is 11.3 Å². The number of hydrogen-bond donors (Lipinski definition) is 2. The molecular weight excluding hydrogens is 494 g/mol. The zero-order chi connectivity index (χ0) is 25.5. The van der Waals surface area contributed by atoms with Crippen LogP contribution < -0.4 is 15.4 Å². The predicted octanol–water partition coefficient (Wildman–Crippen LogP) is 4.88. The van der Waals surface area contributed by atoms with Crippen molar-refractivity contribution in [2.75, 3.05) is 36.5 Å². The van der Waals surface area contributed by atoms with E-state index in [9.17, 15) is 8.42 Å². The van der Waals surface area contributed by atoms with Crippen molar-refractivity contribution in [3.63, 3.8) is 0 Å². The van der Waals surface area contributed by atoms with Crippen LogP contribution in [0.15, 0.2) is 58.9 Å². The third-order valence-electron chi connectivity index (χ3n) is 6.19. The number of morpholine rings is 1. The molecular formula is C26H29N5O3S2. The number of rotatable bonds is 5. The third-order valence-corrected chi connectivity index (χ3v) is 8.05. The summed E-state index contributed by atoms with van der Waals surface area (Å²) in [5.74, 6) is 0.473. The van der Waals surface area contributed by atoms with Gasteiger partial charge in [0, 0.05) is 35.4 Å². The molecule has 1 saturated heterocycles. The standard InChI is InChI=1S/C26H29N5O3S2/c1-26(2,3)23-19(5-4-6-22(23)36(27,32)33)20-16-35-21-15-28-25(30-24(20)21)29-17-7-9-18(10-8-17)31-11-13-34-14-12-31/h4-10,15-16H,11-14H2,1-3H3,(H2,27,32,33)(H,28,29,30). The van der Waals surface area contributed by atoms with Gasteiger partial charge in [-0.1, -0.05) is 32.9 Å². The predicted molar refractivity (Wildman–Crippen MR) is 146 cm³/mol. The average molecular weight is 524 g/mol. The van der Waals surface area contributed by atoms with Gasteiger partial charge in [-0.2, -0.15) is 0 Å². The lowest BCUT2D eigenvalue weighted by atomic mass is 9.82. The molecule has 3 heterocycles.